The van der Waals surface area contributed by atoms with Crippen molar-refractivity contribution in [2.24, 2.45) is 0 Å². The highest BCUT2D eigenvalue weighted by atomic mass is 28.3. The highest BCUT2D eigenvalue weighted by Gasteiger charge is 2.24. The second-order valence-electron chi connectivity index (χ2n) is 12.6. The monoisotopic (exact) mass is 552 g/mol. The molecule has 8 aromatic carbocycles. The van der Waals surface area contributed by atoms with Gasteiger partial charge in [-0.15, -0.1) is 0 Å². The zero-order valence-electron chi connectivity index (χ0n) is 24.3. The molecule has 0 N–H and O–H groups in total. The predicted octanol–water partition coefficient (Wildman–Crippen LogP) is 11.3. The fourth-order valence-corrected chi connectivity index (χ4v) is 8.45. The molecule has 1 heteroatoms. The SMILES string of the molecule is C[Si](C)(C)c1cccc(-c2cccc3cc4ccc5cc6cc7ccccc7cc6cc5c4cc23)c1-c1ccccc1. The number of benzene rings is 8. The summed E-state index contributed by atoms with van der Waals surface area (Å²) in [7, 11) is -1.62. The van der Waals surface area contributed by atoms with Crippen LogP contribution >= 0.6 is 0 Å². The number of rotatable bonds is 3. The largest absolute Gasteiger partial charge is 0.0784 e. The summed E-state index contributed by atoms with van der Waals surface area (Å²) in [6, 6.07) is 52.2. The lowest BCUT2D eigenvalue weighted by Gasteiger charge is -2.24. The van der Waals surface area contributed by atoms with Crippen LogP contribution in [-0.4, -0.2) is 8.07 Å². The molecule has 0 heterocycles. The van der Waals surface area contributed by atoms with E-state index in [1.54, 1.807) is 0 Å². The normalized spacial score (nSPS) is 12.2. The van der Waals surface area contributed by atoms with Crippen LogP contribution in [-0.2, 0) is 0 Å². The van der Waals surface area contributed by atoms with Crippen LogP contribution < -0.4 is 5.19 Å². The summed E-state index contributed by atoms with van der Waals surface area (Å²) in [5, 5.41) is 14.4. The summed E-state index contributed by atoms with van der Waals surface area (Å²) in [5.74, 6) is 0. The van der Waals surface area contributed by atoms with Gasteiger partial charge >= 0.3 is 0 Å². The van der Waals surface area contributed by atoms with Gasteiger partial charge in [-0.05, 0) is 113 Å². The van der Waals surface area contributed by atoms with Gasteiger partial charge in [0.2, 0.25) is 0 Å². The molecule has 0 saturated carbocycles. The third kappa shape index (κ3) is 4.04. The van der Waals surface area contributed by atoms with Crippen LogP contribution in [0.1, 0.15) is 0 Å². The quantitative estimate of drug-likeness (QED) is 0.116. The highest BCUT2D eigenvalue weighted by Crippen LogP contribution is 2.39. The Kier molecular flexibility index (Phi) is 5.60. The number of hydrogen-bond donors (Lipinski definition) is 0. The molecule has 0 aromatic heterocycles. The van der Waals surface area contributed by atoms with Crippen LogP contribution in [0.5, 0.6) is 0 Å². The first-order chi connectivity index (χ1) is 20.4. The Bertz CT molecular complexity index is 2320. The van der Waals surface area contributed by atoms with Gasteiger partial charge < -0.3 is 0 Å². The molecule has 42 heavy (non-hydrogen) atoms. The molecule has 0 bridgehead atoms. The van der Waals surface area contributed by atoms with E-state index in [0.717, 1.165) is 0 Å². The molecule has 0 fully saturated rings. The summed E-state index contributed by atoms with van der Waals surface area (Å²) in [5.41, 5.74) is 5.31. The van der Waals surface area contributed by atoms with Crippen molar-refractivity contribution in [3.05, 3.63) is 140 Å². The maximum atomic E-state index is 2.45. The van der Waals surface area contributed by atoms with Gasteiger partial charge in [0.1, 0.15) is 0 Å². The Labute approximate surface area is 247 Å². The molecule has 0 radical (unpaired) electrons. The van der Waals surface area contributed by atoms with Crippen molar-refractivity contribution in [2.75, 3.05) is 0 Å². The maximum absolute atomic E-state index is 2.45. The molecular weight excluding hydrogens is 521 g/mol. The minimum absolute atomic E-state index is 1.28. The van der Waals surface area contributed by atoms with Gasteiger partial charge in [-0.3, -0.25) is 0 Å². The smallest absolute Gasteiger partial charge is 0.0656 e. The van der Waals surface area contributed by atoms with E-state index < -0.39 is 8.07 Å². The molecule has 200 valence electrons. The fourth-order valence-electron chi connectivity index (χ4n) is 6.83. The van der Waals surface area contributed by atoms with E-state index in [0.29, 0.717) is 0 Å². The van der Waals surface area contributed by atoms with E-state index in [1.165, 1.54) is 81.3 Å². The molecule has 0 saturated heterocycles. The van der Waals surface area contributed by atoms with Crippen molar-refractivity contribution in [1.29, 1.82) is 0 Å². The van der Waals surface area contributed by atoms with Crippen LogP contribution in [0.3, 0.4) is 0 Å². The van der Waals surface area contributed by atoms with E-state index in [4.69, 9.17) is 0 Å². The molecule has 0 aliphatic rings. The Morgan fingerprint density at radius 1 is 0.357 bits per heavy atom. The number of hydrogen-bond acceptors (Lipinski definition) is 0. The van der Waals surface area contributed by atoms with Crippen LogP contribution in [0.4, 0.5) is 0 Å². The zero-order chi connectivity index (χ0) is 28.4. The topological polar surface area (TPSA) is 0 Å². The third-order valence-corrected chi connectivity index (χ3v) is 10.9. The van der Waals surface area contributed by atoms with Gasteiger partial charge in [-0.1, -0.05) is 128 Å². The number of fused-ring (bicyclic) bond motifs is 6. The van der Waals surface area contributed by atoms with E-state index in [2.05, 4.69) is 159 Å². The summed E-state index contributed by atoms with van der Waals surface area (Å²) in [6.45, 7) is 7.36. The first kappa shape index (κ1) is 25.0. The maximum Gasteiger partial charge on any atom is 0.0784 e. The van der Waals surface area contributed by atoms with Crippen molar-refractivity contribution >= 4 is 67.1 Å². The van der Waals surface area contributed by atoms with Gasteiger partial charge in [0, 0.05) is 0 Å². The summed E-state index contributed by atoms with van der Waals surface area (Å²) >= 11 is 0. The van der Waals surface area contributed by atoms with E-state index in [1.807, 2.05) is 0 Å². The summed E-state index contributed by atoms with van der Waals surface area (Å²) < 4.78 is 0. The van der Waals surface area contributed by atoms with E-state index in [9.17, 15) is 0 Å². The average molecular weight is 553 g/mol. The van der Waals surface area contributed by atoms with Gasteiger partial charge in [0.25, 0.3) is 0 Å². The van der Waals surface area contributed by atoms with Crippen molar-refractivity contribution in [3.63, 3.8) is 0 Å². The molecule has 0 nitrogen and oxygen atoms in total. The summed E-state index contributed by atoms with van der Waals surface area (Å²) in [6.07, 6.45) is 0. The van der Waals surface area contributed by atoms with Crippen LogP contribution in [0.25, 0.3) is 76.1 Å². The van der Waals surface area contributed by atoms with Crippen molar-refractivity contribution in [1.82, 2.24) is 0 Å². The molecule has 0 aliphatic carbocycles. The van der Waals surface area contributed by atoms with Gasteiger partial charge in [-0.2, -0.15) is 0 Å². The highest BCUT2D eigenvalue weighted by molar-refractivity contribution is 6.89. The predicted molar refractivity (Wildman–Crippen MR) is 188 cm³/mol. The van der Waals surface area contributed by atoms with Crippen LogP contribution in [0, 0.1) is 0 Å². The Morgan fingerprint density at radius 3 is 1.60 bits per heavy atom. The first-order valence-corrected chi connectivity index (χ1v) is 18.4. The lowest BCUT2D eigenvalue weighted by Crippen LogP contribution is -2.39. The first-order valence-electron chi connectivity index (χ1n) is 14.9. The molecule has 0 aliphatic heterocycles. The Hall–Kier alpha value is -4.72. The van der Waals surface area contributed by atoms with Crippen LogP contribution in [0.2, 0.25) is 19.6 Å². The lowest BCUT2D eigenvalue weighted by molar-refractivity contribution is 1.60. The Morgan fingerprint density at radius 2 is 0.881 bits per heavy atom. The van der Waals surface area contributed by atoms with Crippen molar-refractivity contribution in [2.45, 2.75) is 19.6 Å². The second kappa shape index (κ2) is 9.41. The molecule has 0 atom stereocenters. The molecule has 8 aromatic rings. The van der Waals surface area contributed by atoms with Gasteiger partial charge in [0.05, 0.1) is 8.07 Å². The molecule has 8 rings (SSSR count). The summed E-state index contributed by atoms with van der Waals surface area (Å²) in [4.78, 5) is 0. The molecule has 0 amide bonds. The van der Waals surface area contributed by atoms with E-state index >= 15 is 0 Å². The van der Waals surface area contributed by atoms with Gasteiger partial charge in [-0.25, -0.2) is 0 Å². The minimum Gasteiger partial charge on any atom is -0.0656 e. The molecule has 0 spiro atoms. The minimum atomic E-state index is -1.62. The fraction of sp³-hybridized carbons (Fsp3) is 0.0732. The van der Waals surface area contributed by atoms with E-state index in [-0.39, 0.29) is 0 Å². The van der Waals surface area contributed by atoms with Crippen molar-refractivity contribution < 1.29 is 0 Å². The average Bonchev–Trinajstić information content (AvgIpc) is 3.01. The second-order valence-corrected chi connectivity index (χ2v) is 17.7. The molecule has 0 unspecified atom stereocenters. The standard InChI is InChI=1S/C41H32Si/c1-42(2,3)40-18-10-17-36(41(40)27-11-5-4-6-12-27)35-16-9-15-30-23-31-19-20-32-24-33-21-28-13-7-8-14-29(28)22-34(33)25-37(32)39(31)26-38(30)35/h4-26H,1-3H3. The Balaban J connectivity index is 1.44. The third-order valence-electron chi connectivity index (χ3n) is 8.88. The van der Waals surface area contributed by atoms with Gasteiger partial charge in [0.15, 0.2) is 0 Å². The van der Waals surface area contributed by atoms with Crippen molar-refractivity contribution in [3.8, 4) is 22.3 Å². The van der Waals surface area contributed by atoms with Crippen LogP contribution in [0.15, 0.2) is 140 Å². The lowest BCUT2D eigenvalue weighted by atomic mass is 9.89. The molecular formula is C41H32Si. The zero-order valence-corrected chi connectivity index (χ0v) is 25.3.